The van der Waals surface area contributed by atoms with Gasteiger partial charge in [-0.05, 0) is 125 Å². The monoisotopic (exact) mass is 574 g/mol. The Balaban J connectivity index is 0.000000760. The molecule has 0 aromatic carbocycles. The minimum atomic E-state index is -0.673. The number of hydrogen-bond acceptors (Lipinski definition) is 5. The molecule has 236 valence electrons. The number of hydrogen-bond donors (Lipinski definition) is 5. The van der Waals surface area contributed by atoms with Crippen molar-refractivity contribution in [1.29, 1.82) is 0 Å². The molecule has 0 saturated heterocycles. The van der Waals surface area contributed by atoms with E-state index in [0.29, 0.717) is 54.4 Å². The second-order valence-electron chi connectivity index (χ2n) is 14.5. The van der Waals surface area contributed by atoms with Crippen LogP contribution in [0.1, 0.15) is 125 Å². The van der Waals surface area contributed by atoms with E-state index in [9.17, 15) is 14.7 Å². The molecular weight excluding hydrogens is 512 g/mol. The predicted molar refractivity (Wildman–Crippen MR) is 168 cm³/mol. The summed E-state index contributed by atoms with van der Waals surface area (Å²) in [6, 6.07) is 0.111. The molecule has 9 unspecified atom stereocenters. The lowest BCUT2D eigenvalue weighted by Gasteiger charge is -2.62. The average Bonchev–Trinajstić information content (AvgIpc) is 3.22. The number of fused-ring (bicyclic) bond motifs is 5. The zero-order valence-corrected chi connectivity index (χ0v) is 25.7. The Morgan fingerprint density at radius 1 is 1.15 bits per heavy atom. The van der Waals surface area contributed by atoms with Gasteiger partial charge in [-0.1, -0.05) is 40.0 Å². The van der Waals surface area contributed by atoms with Gasteiger partial charge in [-0.3, -0.25) is 9.59 Å². The first-order chi connectivity index (χ1) is 18.9. The van der Waals surface area contributed by atoms with E-state index >= 15 is 0 Å². The smallest absolute Gasteiger partial charge is 0.220 e. The molecule has 4 saturated carbocycles. The molecule has 4 rings (SSSR count). The van der Waals surface area contributed by atoms with Crippen molar-refractivity contribution in [2.45, 2.75) is 143 Å². The molecule has 41 heavy (non-hydrogen) atoms. The van der Waals surface area contributed by atoms with Crippen LogP contribution in [0.2, 0.25) is 0 Å². The molecule has 2 amide bonds. The summed E-state index contributed by atoms with van der Waals surface area (Å²) in [5, 5.41) is 16.8. The molecule has 0 aromatic heterocycles. The summed E-state index contributed by atoms with van der Waals surface area (Å²) in [5.74, 6) is 5.71. The third kappa shape index (κ3) is 8.71. The van der Waals surface area contributed by atoms with E-state index in [2.05, 4.69) is 30.4 Å². The van der Waals surface area contributed by atoms with Crippen LogP contribution in [-0.4, -0.2) is 41.8 Å². The Morgan fingerprint density at radius 3 is 2.49 bits per heavy atom. The van der Waals surface area contributed by atoms with Crippen molar-refractivity contribution in [1.82, 2.24) is 10.6 Å². The van der Waals surface area contributed by atoms with Gasteiger partial charge in [0.2, 0.25) is 12.3 Å². The van der Waals surface area contributed by atoms with E-state index in [4.69, 9.17) is 17.9 Å². The van der Waals surface area contributed by atoms with Crippen molar-refractivity contribution in [3.05, 3.63) is 0 Å². The SMILES string of the molecule is C.C#CCNC=O.CC(CCC(C)(N)N)NC(=O)CCCC1CCC2C3C(O)CC4CCCCC4(C)C3CCC12C. The second kappa shape index (κ2) is 15.2. The van der Waals surface area contributed by atoms with Crippen LogP contribution in [0.25, 0.3) is 0 Å². The van der Waals surface area contributed by atoms with Crippen molar-refractivity contribution < 1.29 is 14.7 Å². The van der Waals surface area contributed by atoms with Crippen LogP contribution in [-0.2, 0) is 9.59 Å². The maximum atomic E-state index is 12.5. The molecule has 7 N–H and O–H groups in total. The van der Waals surface area contributed by atoms with Crippen LogP contribution in [0.15, 0.2) is 0 Å². The summed E-state index contributed by atoms with van der Waals surface area (Å²) in [7, 11) is 0. The number of carbonyl (C=O) groups excluding carboxylic acids is 2. The van der Waals surface area contributed by atoms with Gasteiger partial charge in [-0.2, -0.15) is 0 Å². The highest BCUT2D eigenvalue weighted by atomic mass is 16.3. The zero-order valence-electron chi connectivity index (χ0n) is 25.7. The Kier molecular flexibility index (Phi) is 13.2. The fourth-order valence-corrected chi connectivity index (χ4v) is 9.39. The van der Waals surface area contributed by atoms with Gasteiger partial charge >= 0.3 is 0 Å². The Hall–Kier alpha value is -1.62. The lowest BCUT2D eigenvalue weighted by molar-refractivity contribution is -0.162. The minimum Gasteiger partial charge on any atom is -0.393 e. The normalized spacial score (nSPS) is 36.4. The van der Waals surface area contributed by atoms with Crippen molar-refractivity contribution in [2.75, 3.05) is 6.54 Å². The number of nitrogens with one attached hydrogen (secondary N) is 2. The molecule has 4 fully saturated rings. The quantitative estimate of drug-likeness (QED) is 0.107. The largest absolute Gasteiger partial charge is 0.393 e. The number of carbonyl (C=O) groups is 2. The zero-order chi connectivity index (χ0) is 29.6. The van der Waals surface area contributed by atoms with E-state index in [1.165, 1.54) is 51.4 Å². The van der Waals surface area contributed by atoms with Crippen LogP contribution in [0.5, 0.6) is 0 Å². The average molecular weight is 575 g/mol. The predicted octanol–water partition coefficient (Wildman–Crippen LogP) is 5.10. The lowest BCUT2D eigenvalue weighted by atomic mass is 9.44. The molecule has 0 bridgehead atoms. The van der Waals surface area contributed by atoms with Gasteiger partial charge in [0.05, 0.1) is 18.3 Å². The minimum absolute atomic E-state index is 0. The van der Waals surface area contributed by atoms with E-state index in [1.807, 2.05) is 13.8 Å². The lowest BCUT2D eigenvalue weighted by Crippen LogP contribution is -2.57. The van der Waals surface area contributed by atoms with Gasteiger partial charge in [0.25, 0.3) is 0 Å². The third-order valence-corrected chi connectivity index (χ3v) is 11.6. The van der Waals surface area contributed by atoms with Crippen molar-refractivity contribution in [3.63, 3.8) is 0 Å². The molecule has 0 aromatic rings. The van der Waals surface area contributed by atoms with E-state index in [-0.39, 0.29) is 25.5 Å². The number of aliphatic hydroxyl groups is 1. The summed E-state index contributed by atoms with van der Waals surface area (Å²) in [6.45, 7) is 9.30. The fourth-order valence-electron chi connectivity index (χ4n) is 9.39. The van der Waals surface area contributed by atoms with E-state index in [1.54, 1.807) is 0 Å². The highest BCUT2D eigenvalue weighted by Crippen LogP contribution is 2.67. The molecule has 0 radical (unpaired) electrons. The van der Waals surface area contributed by atoms with Crippen molar-refractivity contribution >= 4 is 12.3 Å². The van der Waals surface area contributed by atoms with Crippen molar-refractivity contribution in [3.8, 4) is 12.3 Å². The first-order valence-corrected chi connectivity index (χ1v) is 16.0. The number of nitrogens with two attached hydrogens (primary N) is 2. The van der Waals surface area contributed by atoms with Crippen LogP contribution < -0.4 is 22.1 Å². The molecule has 9 atom stereocenters. The molecule has 7 heteroatoms. The fraction of sp³-hybridized carbons (Fsp3) is 0.882. The van der Waals surface area contributed by atoms with Gasteiger partial charge < -0.3 is 27.2 Å². The number of aliphatic hydroxyl groups excluding tert-OH is 1. The Labute approximate surface area is 251 Å². The number of rotatable bonds is 10. The van der Waals surface area contributed by atoms with E-state index in [0.717, 1.165) is 37.5 Å². The summed E-state index contributed by atoms with van der Waals surface area (Å²) >= 11 is 0. The van der Waals surface area contributed by atoms with Gasteiger partial charge in [-0.25, -0.2) is 0 Å². The maximum absolute atomic E-state index is 12.5. The molecule has 4 aliphatic carbocycles. The summed E-state index contributed by atoms with van der Waals surface area (Å²) in [5.41, 5.74) is 11.9. The van der Waals surface area contributed by atoms with Crippen LogP contribution >= 0.6 is 0 Å². The summed E-state index contributed by atoms with van der Waals surface area (Å²) in [6.07, 6.45) is 21.1. The van der Waals surface area contributed by atoms with Gasteiger partial charge in [0.15, 0.2) is 0 Å². The summed E-state index contributed by atoms with van der Waals surface area (Å²) in [4.78, 5) is 21.9. The van der Waals surface area contributed by atoms with Crippen LogP contribution in [0.3, 0.4) is 0 Å². The third-order valence-electron chi connectivity index (χ3n) is 11.6. The highest BCUT2D eigenvalue weighted by Gasteiger charge is 2.61. The van der Waals surface area contributed by atoms with Crippen molar-refractivity contribution in [2.24, 2.45) is 51.9 Å². The summed E-state index contributed by atoms with van der Waals surface area (Å²) < 4.78 is 0. The maximum Gasteiger partial charge on any atom is 0.220 e. The highest BCUT2D eigenvalue weighted by molar-refractivity contribution is 5.76. The molecular formula is C34H62N4O3. The molecule has 0 aliphatic heterocycles. The van der Waals surface area contributed by atoms with Gasteiger partial charge in [0, 0.05) is 12.5 Å². The molecule has 0 heterocycles. The van der Waals surface area contributed by atoms with E-state index < -0.39 is 5.66 Å². The second-order valence-corrected chi connectivity index (χ2v) is 14.5. The standard InChI is InChI=1S/C29H53N3O2.C4H5NO.CH4/c1-19(13-17-29(4,30)31)32-25(34)10-7-9-20-11-12-22-26-23(14-16-28(20,22)3)27(2)15-6-5-8-21(27)18-24(26)33;1-2-3-5-4-6;/h19-24,26,33H,5-18,30-31H2,1-4H3,(H,32,34);1,4H,3H2,(H,5,6);1H4. The topological polar surface area (TPSA) is 130 Å². The Morgan fingerprint density at radius 2 is 1.85 bits per heavy atom. The number of terminal acetylenes is 1. The first kappa shape index (κ1) is 35.6. The van der Waals surface area contributed by atoms with Crippen LogP contribution in [0.4, 0.5) is 0 Å². The molecule has 0 spiro atoms. The first-order valence-electron chi connectivity index (χ1n) is 16.0. The Bertz CT molecular complexity index is 882. The van der Waals surface area contributed by atoms with Gasteiger partial charge in [-0.15, -0.1) is 6.42 Å². The van der Waals surface area contributed by atoms with Gasteiger partial charge in [0.1, 0.15) is 0 Å². The number of amides is 2. The molecule has 7 nitrogen and oxygen atoms in total. The molecule has 4 aliphatic rings. The van der Waals surface area contributed by atoms with Crippen LogP contribution in [0, 0.1) is 52.8 Å².